The first kappa shape index (κ1) is 12.0. The lowest BCUT2D eigenvalue weighted by atomic mass is 10.2. The van der Waals surface area contributed by atoms with Crippen molar-refractivity contribution in [3.63, 3.8) is 0 Å². The van der Waals surface area contributed by atoms with Crippen LogP contribution in [0.1, 0.15) is 5.56 Å². The SMILES string of the molecule is O=[N+]([O-])c1cccc(COc2cccc(F)c2)c1. The molecule has 0 atom stereocenters. The molecule has 0 aliphatic carbocycles. The standard InChI is InChI=1S/C13H10FNO3/c14-11-4-2-6-13(8-11)18-9-10-3-1-5-12(7-10)15(16)17/h1-8H,9H2. The Morgan fingerprint density at radius 3 is 2.67 bits per heavy atom. The van der Waals surface area contributed by atoms with Crippen molar-refractivity contribution < 1.29 is 14.1 Å². The number of nitro benzene ring substituents is 1. The molecule has 0 amide bonds. The highest BCUT2D eigenvalue weighted by Crippen LogP contribution is 2.17. The van der Waals surface area contributed by atoms with Crippen molar-refractivity contribution in [2.24, 2.45) is 0 Å². The van der Waals surface area contributed by atoms with E-state index in [1.807, 2.05) is 0 Å². The maximum atomic E-state index is 12.9. The Balaban J connectivity index is 2.06. The zero-order valence-electron chi connectivity index (χ0n) is 9.38. The number of nitro groups is 1. The summed E-state index contributed by atoms with van der Waals surface area (Å²) in [7, 11) is 0. The van der Waals surface area contributed by atoms with Crippen LogP contribution in [0.2, 0.25) is 0 Å². The minimum absolute atomic E-state index is 0.00958. The van der Waals surface area contributed by atoms with E-state index < -0.39 is 4.92 Å². The first-order valence-corrected chi connectivity index (χ1v) is 5.27. The third-order valence-electron chi connectivity index (χ3n) is 2.32. The molecule has 0 aliphatic rings. The molecule has 4 nitrogen and oxygen atoms in total. The van der Waals surface area contributed by atoms with Crippen LogP contribution in [0.15, 0.2) is 48.5 Å². The third kappa shape index (κ3) is 3.04. The Bertz CT molecular complexity index is 572. The molecule has 2 aromatic carbocycles. The van der Waals surface area contributed by atoms with Gasteiger partial charge in [0.1, 0.15) is 18.2 Å². The highest BCUT2D eigenvalue weighted by molar-refractivity contribution is 5.34. The van der Waals surface area contributed by atoms with Gasteiger partial charge in [0.25, 0.3) is 5.69 Å². The number of ether oxygens (including phenoxy) is 1. The van der Waals surface area contributed by atoms with Crippen LogP contribution in [0.4, 0.5) is 10.1 Å². The van der Waals surface area contributed by atoms with Crippen molar-refractivity contribution in [2.75, 3.05) is 0 Å². The predicted octanol–water partition coefficient (Wildman–Crippen LogP) is 3.31. The molecule has 2 rings (SSSR count). The predicted molar refractivity (Wildman–Crippen MR) is 63.8 cm³/mol. The molecule has 0 saturated heterocycles. The van der Waals surface area contributed by atoms with Crippen LogP contribution in [0.3, 0.4) is 0 Å². The Hall–Kier alpha value is -2.43. The summed E-state index contributed by atoms with van der Waals surface area (Å²) < 4.78 is 18.2. The summed E-state index contributed by atoms with van der Waals surface area (Å²) in [5, 5.41) is 10.6. The maximum absolute atomic E-state index is 12.9. The zero-order chi connectivity index (χ0) is 13.0. The first-order valence-electron chi connectivity index (χ1n) is 5.27. The van der Waals surface area contributed by atoms with E-state index in [0.717, 1.165) is 0 Å². The van der Waals surface area contributed by atoms with Crippen molar-refractivity contribution in [1.82, 2.24) is 0 Å². The van der Waals surface area contributed by atoms with Gasteiger partial charge in [-0.05, 0) is 17.7 Å². The van der Waals surface area contributed by atoms with Gasteiger partial charge in [-0.2, -0.15) is 0 Å². The summed E-state index contributed by atoms with van der Waals surface area (Å²) in [5.41, 5.74) is 0.670. The molecular weight excluding hydrogens is 237 g/mol. The van der Waals surface area contributed by atoms with Gasteiger partial charge >= 0.3 is 0 Å². The molecule has 2 aromatic rings. The molecule has 0 saturated carbocycles. The molecule has 92 valence electrons. The second kappa shape index (κ2) is 5.27. The number of benzene rings is 2. The highest BCUT2D eigenvalue weighted by Gasteiger charge is 2.06. The first-order chi connectivity index (χ1) is 8.65. The van der Waals surface area contributed by atoms with Gasteiger partial charge in [0.2, 0.25) is 0 Å². The van der Waals surface area contributed by atoms with Crippen molar-refractivity contribution in [3.8, 4) is 5.75 Å². The van der Waals surface area contributed by atoms with Gasteiger partial charge in [-0.3, -0.25) is 10.1 Å². The molecule has 0 spiro atoms. The number of hydrogen-bond donors (Lipinski definition) is 0. The Kier molecular flexibility index (Phi) is 3.52. The van der Waals surface area contributed by atoms with E-state index in [4.69, 9.17) is 4.74 Å². The number of rotatable bonds is 4. The zero-order valence-corrected chi connectivity index (χ0v) is 9.38. The summed E-state index contributed by atoms with van der Waals surface area (Å²) >= 11 is 0. The number of hydrogen-bond acceptors (Lipinski definition) is 3. The molecule has 0 unspecified atom stereocenters. The summed E-state index contributed by atoms with van der Waals surface area (Å²) in [5.74, 6) is 0.00745. The summed E-state index contributed by atoms with van der Waals surface area (Å²) in [6, 6.07) is 11.9. The molecule has 0 fully saturated rings. The molecule has 18 heavy (non-hydrogen) atoms. The van der Waals surface area contributed by atoms with E-state index >= 15 is 0 Å². The average Bonchev–Trinajstić information content (AvgIpc) is 2.37. The number of non-ortho nitro benzene ring substituents is 1. The fourth-order valence-electron chi connectivity index (χ4n) is 1.48. The lowest BCUT2D eigenvalue weighted by Crippen LogP contribution is -1.97. The van der Waals surface area contributed by atoms with Crippen LogP contribution in [0.25, 0.3) is 0 Å². The molecule has 0 aromatic heterocycles. The van der Waals surface area contributed by atoms with Crippen LogP contribution < -0.4 is 4.74 Å². The van der Waals surface area contributed by atoms with E-state index in [1.165, 1.54) is 30.3 Å². The minimum Gasteiger partial charge on any atom is -0.489 e. The molecular formula is C13H10FNO3. The van der Waals surface area contributed by atoms with Crippen LogP contribution in [-0.2, 0) is 6.61 Å². The van der Waals surface area contributed by atoms with Gasteiger partial charge in [-0.25, -0.2) is 4.39 Å². The third-order valence-corrected chi connectivity index (χ3v) is 2.32. The Morgan fingerprint density at radius 1 is 1.17 bits per heavy atom. The largest absolute Gasteiger partial charge is 0.489 e. The van der Waals surface area contributed by atoms with E-state index in [2.05, 4.69) is 0 Å². The van der Waals surface area contributed by atoms with E-state index in [-0.39, 0.29) is 18.1 Å². The van der Waals surface area contributed by atoms with Gasteiger partial charge in [0.15, 0.2) is 0 Å². The van der Waals surface area contributed by atoms with Gasteiger partial charge in [0.05, 0.1) is 4.92 Å². The number of halogens is 1. The van der Waals surface area contributed by atoms with Crippen molar-refractivity contribution in [3.05, 3.63) is 70.0 Å². The van der Waals surface area contributed by atoms with Crippen molar-refractivity contribution in [2.45, 2.75) is 6.61 Å². The quantitative estimate of drug-likeness (QED) is 0.615. The van der Waals surface area contributed by atoms with E-state index in [9.17, 15) is 14.5 Å². The number of nitrogens with zero attached hydrogens (tertiary/aromatic N) is 1. The monoisotopic (exact) mass is 247 g/mol. The fraction of sp³-hybridized carbons (Fsp3) is 0.0769. The highest BCUT2D eigenvalue weighted by atomic mass is 19.1. The average molecular weight is 247 g/mol. The minimum atomic E-state index is -0.467. The van der Waals surface area contributed by atoms with Crippen molar-refractivity contribution >= 4 is 5.69 Å². The van der Waals surface area contributed by atoms with Crippen LogP contribution in [-0.4, -0.2) is 4.92 Å². The van der Waals surface area contributed by atoms with Gasteiger partial charge in [-0.1, -0.05) is 18.2 Å². The normalized spacial score (nSPS) is 10.1. The Morgan fingerprint density at radius 2 is 1.94 bits per heavy atom. The Labute approximate surface area is 103 Å². The van der Waals surface area contributed by atoms with Gasteiger partial charge in [-0.15, -0.1) is 0 Å². The van der Waals surface area contributed by atoms with Crippen molar-refractivity contribution in [1.29, 1.82) is 0 Å². The molecule has 0 aliphatic heterocycles. The maximum Gasteiger partial charge on any atom is 0.269 e. The summed E-state index contributed by atoms with van der Waals surface area (Å²) in [6.45, 7) is 0.158. The second-order valence-corrected chi connectivity index (χ2v) is 3.67. The molecule has 0 radical (unpaired) electrons. The van der Waals surface area contributed by atoms with Crippen LogP contribution >= 0.6 is 0 Å². The topological polar surface area (TPSA) is 52.4 Å². The molecule has 5 heteroatoms. The summed E-state index contributed by atoms with van der Waals surface area (Å²) in [4.78, 5) is 10.1. The molecule has 0 heterocycles. The van der Waals surface area contributed by atoms with Crippen LogP contribution in [0, 0.1) is 15.9 Å². The second-order valence-electron chi connectivity index (χ2n) is 3.67. The van der Waals surface area contributed by atoms with Gasteiger partial charge in [0, 0.05) is 18.2 Å². The smallest absolute Gasteiger partial charge is 0.269 e. The lowest BCUT2D eigenvalue weighted by molar-refractivity contribution is -0.384. The lowest BCUT2D eigenvalue weighted by Gasteiger charge is -2.06. The summed E-state index contributed by atoms with van der Waals surface area (Å²) in [6.07, 6.45) is 0. The van der Waals surface area contributed by atoms with Crippen LogP contribution in [0.5, 0.6) is 5.75 Å². The van der Waals surface area contributed by atoms with E-state index in [1.54, 1.807) is 18.2 Å². The fourth-order valence-corrected chi connectivity index (χ4v) is 1.48. The van der Waals surface area contributed by atoms with E-state index in [0.29, 0.717) is 11.3 Å². The van der Waals surface area contributed by atoms with Gasteiger partial charge < -0.3 is 4.74 Å². The molecule has 0 bridgehead atoms. The molecule has 0 N–H and O–H groups in total.